The maximum Gasteiger partial charge on any atom is 0.404 e. The summed E-state index contributed by atoms with van der Waals surface area (Å²) in [5.41, 5.74) is -1.10. The molecule has 1 aliphatic rings. The molecule has 0 amide bonds. The zero-order valence-corrected chi connectivity index (χ0v) is 17.1. The van der Waals surface area contributed by atoms with Crippen LogP contribution < -0.4 is 0 Å². The number of hydrogen-bond acceptors (Lipinski definition) is 2. The van der Waals surface area contributed by atoms with Crippen LogP contribution in [0.25, 0.3) is 0 Å². The smallest absolute Gasteiger partial charge is 0.404 e. The summed E-state index contributed by atoms with van der Waals surface area (Å²) >= 11 is -1.82. The molecule has 156 valence electrons. The van der Waals surface area contributed by atoms with Gasteiger partial charge < -0.3 is 4.55 Å². The minimum atomic E-state index is -4.55. The first-order chi connectivity index (χ1) is 14.4. The summed E-state index contributed by atoms with van der Waals surface area (Å²) in [6, 6.07) is 25.9. The lowest BCUT2D eigenvalue weighted by Gasteiger charge is -2.37. The molecule has 2 nitrogen and oxygen atoms in total. The normalized spacial score (nSPS) is 23.4. The average Bonchev–Trinajstić information content (AvgIpc) is 3.15. The first kappa shape index (κ1) is 21.0. The van der Waals surface area contributed by atoms with Crippen LogP contribution in [0.3, 0.4) is 0 Å². The molecule has 0 radical (unpaired) electrons. The summed E-state index contributed by atoms with van der Waals surface area (Å²) in [5, 5.41) is -1.11. The molecule has 0 aliphatic carbocycles. The van der Waals surface area contributed by atoms with Gasteiger partial charge in [-0.2, -0.15) is 13.2 Å². The first-order valence-corrected chi connectivity index (χ1v) is 11.0. The molecule has 1 saturated heterocycles. The highest BCUT2D eigenvalue weighted by molar-refractivity contribution is 7.92. The van der Waals surface area contributed by atoms with Crippen molar-refractivity contribution in [3.8, 4) is 0 Å². The van der Waals surface area contributed by atoms with E-state index in [-0.39, 0.29) is 18.7 Å². The van der Waals surface area contributed by atoms with Crippen molar-refractivity contribution in [2.45, 2.75) is 28.3 Å². The van der Waals surface area contributed by atoms with E-state index in [0.717, 1.165) is 5.56 Å². The fourth-order valence-corrected chi connectivity index (χ4v) is 6.10. The van der Waals surface area contributed by atoms with Gasteiger partial charge in [0.2, 0.25) is 0 Å². The predicted molar refractivity (Wildman–Crippen MR) is 113 cm³/mol. The monoisotopic (exact) mass is 429 g/mol. The summed E-state index contributed by atoms with van der Waals surface area (Å²) in [6.07, 6.45) is -4.55. The molecule has 3 aromatic rings. The van der Waals surface area contributed by atoms with Crippen molar-refractivity contribution in [2.75, 3.05) is 13.1 Å². The van der Waals surface area contributed by atoms with Gasteiger partial charge in [-0.15, -0.1) is 0 Å². The third kappa shape index (κ3) is 3.87. The Morgan fingerprint density at radius 3 is 1.97 bits per heavy atom. The summed E-state index contributed by atoms with van der Waals surface area (Å²) in [7, 11) is 0. The third-order valence-corrected chi connectivity index (χ3v) is 7.53. The van der Waals surface area contributed by atoms with Gasteiger partial charge >= 0.3 is 6.18 Å². The van der Waals surface area contributed by atoms with E-state index in [1.165, 1.54) is 12.1 Å². The molecule has 3 aromatic carbocycles. The molecule has 0 spiro atoms. The van der Waals surface area contributed by atoms with Crippen molar-refractivity contribution in [1.29, 1.82) is 0 Å². The SMILES string of the molecule is [O-][S+](c1ccccc1)C1CN(Cc2ccccc2)CC1(c1ccccc1)C(F)(F)F. The zero-order valence-electron chi connectivity index (χ0n) is 16.3. The van der Waals surface area contributed by atoms with Gasteiger partial charge in [0.05, 0.1) is 0 Å². The highest BCUT2D eigenvalue weighted by atomic mass is 32.2. The maximum absolute atomic E-state index is 14.8. The minimum absolute atomic E-state index is 0.102. The molecular weight excluding hydrogens is 407 g/mol. The van der Waals surface area contributed by atoms with Crippen LogP contribution in [0.1, 0.15) is 11.1 Å². The van der Waals surface area contributed by atoms with Crippen LogP contribution in [0.15, 0.2) is 95.9 Å². The fraction of sp³-hybridized carbons (Fsp3) is 0.250. The Balaban J connectivity index is 1.78. The number of rotatable bonds is 5. The van der Waals surface area contributed by atoms with Crippen LogP contribution in [0.5, 0.6) is 0 Å². The average molecular weight is 430 g/mol. The molecule has 6 heteroatoms. The zero-order chi connectivity index (χ0) is 21.2. The van der Waals surface area contributed by atoms with Crippen LogP contribution in [-0.4, -0.2) is 34.0 Å². The lowest BCUT2D eigenvalue weighted by Crippen LogP contribution is -2.54. The van der Waals surface area contributed by atoms with E-state index in [0.29, 0.717) is 11.4 Å². The second kappa shape index (κ2) is 8.46. The predicted octanol–water partition coefficient (Wildman–Crippen LogP) is 5.18. The highest BCUT2D eigenvalue weighted by Crippen LogP contribution is 2.51. The van der Waals surface area contributed by atoms with Gasteiger partial charge in [-0.3, -0.25) is 4.90 Å². The van der Waals surface area contributed by atoms with Gasteiger partial charge in [-0.1, -0.05) is 78.9 Å². The molecule has 1 aliphatic heterocycles. The molecule has 3 unspecified atom stereocenters. The van der Waals surface area contributed by atoms with E-state index < -0.39 is 28.0 Å². The molecule has 1 fully saturated rings. The van der Waals surface area contributed by atoms with Crippen LogP contribution in [0, 0.1) is 0 Å². The summed E-state index contributed by atoms with van der Waals surface area (Å²) in [4.78, 5) is 2.20. The van der Waals surface area contributed by atoms with Crippen molar-refractivity contribution in [1.82, 2.24) is 4.90 Å². The van der Waals surface area contributed by atoms with Crippen molar-refractivity contribution < 1.29 is 17.7 Å². The summed E-state index contributed by atoms with van der Waals surface area (Å²) in [6.45, 7) is 0.261. The van der Waals surface area contributed by atoms with E-state index in [9.17, 15) is 17.7 Å². The number of alkyl halides is 3. The van der Waals surface area contributed by atoms with Gasteiger partial charge in [-0.05, 0) is 34.4 Å². The Bertz CT molecular complexity index is 952. The standard InChI is InChI=1S/C24H22F3NOS/c25-24(26,27)23(20-12-6-2-7-13-20)18-28(16-19-10-4-1-5-11-19)17-22(23)30(29)21-14-8-3-9-15-21/h1-15,22H,16-18H2. The number of halogens is 3. The van der Waals surface area contributed by atoms with Crippen molar-refractivity contribution in [2.24, 2.45) is 0 Å². The molecule has 30 heavy (non-hydrogen) atoms. The molecule has 0 aromatic heterocycles. The molecule has 1 heterocycles. The van der Waals surface area contributed by atoms with Crippen molar-refractivity contribution >= 4 is 11.2 Å². The fourth-order valence-electron chi connectivity index (χ4n) is 4.29. The molecule has 3 atom stereocenters. The Labute approximate surface area is 177 Å². The van der Waals surface area contributed by atoms with Gasteiger partial charge in [0, 0.05) is 19.6 Å². The minimum Gasteiger partial charge on any atom is -0.611 e. The van der Waals surface area contributed by atoms with Gasteiger partial charge in [0.25, 0.3) is 0 Å². The number of benzene rings is 3. The molecule has 0 N–H and O–H groups in total. The van der Waals surface area contributed by atoms with Crippen LogP contribution in [-0.2, 0) is 23.1 Å². The Morgan fingerprint density at radius 1 is 0.867 bits per heavy atom. The van der Waals surface area contributed by atoms with E-state index in [1.807, 2.05) is 30.3 Å². The first-order valence-electron chi connectivity index (χ1n) is 9.76. The van der Waals surface area contributed by atoms with Crippen LogP contribution in [0.2, 0.25) is 0 Å². The van der Waals surface area contributed by atoms with E-state index >= 15 is 0 Å². The van der Waals surface area contributed by atoms with E-state index in [4.69, 9.17) is 0 Å². The lowest BCUT2D eigenvalue weighted by molar-refractivity contribution is -0.186. The third-order valence-electron chi connectivity index (χ3n) is 5.72. The molecule has 0 bridgehead atoms. The lowest BCUT2D eigenvalue weighted by atomic mass is 9.78. The second-order valence-corrected chi connectivity index (χ2v) is 9.22. The van der Waals surface area contributed by atoms with Crippen molar-refractivity contribution in [3.63, 3.8) is 0 Å². The van der Waals surface area contributed by atoms with Gasteiger partial charge in [0.15, 0.2) is 15.6 Å². The second-order valence-electron chi connectivity index (χ2n) is 7.59. The maximum atomic E-state index is 14.8. The van der Waals surface area contributed by atoms with Crippen LogP contribution >= 0.6 is 0 Å². The highest BCUT2D eigenvalue weighted by Gasteiger charge is 2.68. The number of hydrogen-bond donors (Lipinski definition) is 0. The summed E-state index contributed by atoms with van der Waals surface area (Å²) < 4.78 is 57.8. The number of nitrogens with zero attached hydrogens (tertiary/aromatic N) is 1. The number of likely N-dealkylation sites (tertiary alicyclic amines) is 1. The molecule has 0 saturated carbocycles. The Morgan fingerprint density at radius 2 is 1.40 bits per heavy atom. The largest absolute Gasteiger partial charge is 0.611 e. The van der Waals surface area contributed by atoms with Crippen LogP contribution in [0.4, 0.5) is 13.2 Å². The molecule has 4 rings (SSSR count). The summed E-state index contributed by atoms with van der Waals surface area (Å²) in [5.74, 6) is 0. The van der Waals surface area contributed by atoms with E-state index in [2.05, 4.69) is 0 Å². The quantitative estimate of drug-likeness (QED) is 0.523. The van der Waals surface area contributed by atoms with Crippen molar-refractivity contribution in [3.05, 3.63) is 102 Å². The van der Waals surface area contributed by atoms with Gasteiger partial charge in [-0.25, -0.2) is 0 Å². The Hall–Kier alpha value is -2.28. The van der Waals surface area contributed by atoms with E-state index in [1.54, 1.807) is 53.4 Å². The molecular formula is C24H22F3NOS. The Kier molecular flexibility index (Phi) is 5.91. The van der Waals surface area contributed by atoms with Gasteiger partial charge in [0.1, 0.15) is 0 Å². The topological polar surface area (TPSA) is 26.3 Å².